The Labute approximate surface area is 81.2 Å². The van der Waals surface area contributed by atoms with Crippen LogP contribution in [0.25, 0.3) is 0 Å². The zero-order valence-corrected chi connectivity index (χ0v) is 7.93. The van der Waals surface area contributed by atoms with Crippen LogP contribution in [0.3, 0.4) is 0 Å². The molecule has 13 heavy (non-hydrogen) atoms. The molecule has 0 atom stereocenters. The van der Waals surface area contributed by atoms with Crippen LogP contribution in [0.5, 0.6) is 5.75 Å². The van der Waals surface area contributed by atoms with Crippen LogP contribution in [-0.4, -0.2) is 13.1 Å². The molecule has 1 aromatic rings. The maximum Gasteiger partial charge on any atom is 0.343 e. The lowest BCUT2D eigenvalue weighted by atomic mass is 10.3. The number of rotatable bonds is 2. The second-order valence-electron chi connectivity index (χ2n) is 2.43. The maximum atomic E-state index is 5.86. The van der Waals surface area contributed by atoms with E-state index >= 15 is 0 Å². The Bertz CT molecular complexity index is 334. The van der Waals surface area contributed by atoms with E-state index in [2.05, 4.69) is 4.99 Å². The fourth-order valence-electron chi connectivity index (χ4n) is 0.911. The second kappa shape index (κ2) is 4.00. The summed E-state index contributed by atoms with van der Waals surface area (Å²) in [6, 6.07) is 5.18. The molecule has 70 valence electrons. The number of hydrogen-bond acceptors (Lipinski definition) is 1. The van der Waals surface area contributed by atoms with Gasteiger partial charge in [-0.05, 0) is 18.2 Å². The van der Waals surface area contributed by atoms with Gasteiger partial charge in [-0.25, -0.2) is 4.99 Å². The predicted molar refractivity (Wildman–Crippen MR) is 52.0 cm³/mol. The molecule has 0 aromatic heterocycles. The fraction of sp³-hybridized carbons (Fsp3) is 0.125. The number of nitrogens with two attached hydrogens (primary N) is 2. The molecule has 0 spiro atoms. The van der Waals surface area contributed by atoms with Crippen LogP contribution >= 0.6 is 11.6 Å². The Morgan fingerprint density at radius 3 is 2.62 bits per heavy atom. The molecule has 0 amide bonds. The Kier molecular flexibility index (Phi) is 2.97. The molecule has 5 N–H and O–H groups in total. The molecule has 1 rings (SSSR count). The lowest BCUT2D eigenvalue weighted by molar-refractivity contribution is -0.356. The molecule has 0 heterocycles. The summed E-state index contributed by atoms with van der Waals surface area (Å²) in [4.78, 5) is 2.73. The van der Waals surface area contributed by atoms with Crippen LogP contribution in [-0.2, 0) is 0 Å². The van der Waals surface area contributed by atoms with Gasteiger partial charge in [-0.15, -0.1) is 0 Å². The highest BCUT2D eigenvalue weighted by Crippen LogP contribution is 2.24. The molecular formula is C8H11ClN3O+. The first-order valence-electron chi connectivity index (χ1n) is 3.62. The number of ether oxygens (including phenoxy) is 1. The summed E-state index contributed by atoms with van der Waals surface area (Å²) in [6.45, 7) is 0. The highest BCUT2D eigenvalue weighted by atomic mass is 35.5. The molecule has 0 bridgehead atoms. The summed E-state index contributed by atoms with van der Waals surface area (Å²) in [5.41, 5.74) is 11.2. The van der Waals surface area contributed by atoms with E-state index in [1.165, 1.54) is 0 Å². The molecule has 0 unspecified atom stereocenters. The van der Waals surface area contributed by atoms with Gasteiger partial charge in [0.05, 0.1) is 12.1 Å². The highest BCUT2D eigenvalue weighted by molar-refractivity contribution is 6.32. The SMILES string of the molecule is COc1ccc([NH+]=C(N)N)cc1Cl. The first kappa shape index (κ1) is 9.67. The Morgan fingerprint density at radius 1 is 1.46 bits per heavy atom. The third-order valence-electron chi connectivity index (χ3n) is 1.44. The summed E-state index contributed by atoms with van der Waals surface area (Å²) < 4.78 is 4.98. The molecule has 0 saturated carbocycles. The minimum atomic E-state index is 0.126. The molecule has 0 radical (unpaired) electrons. The van der Waals surface area contributed by atoms with Crippen molar-refractivity contribution >= 4 is 23.2 Å². The average Bonchev–Trinajstić information content (AvgIpc) is 2.03. The predicted octanol–water partition coefficient (Wildman–Crippen LogP) is -0.666. The normalized spacial score (nSPS) is 9.38. The van der Waals surface area contributed by atoms with Crippen LogP contribution in [0.2, 0.25) is 5.02 Å². The van der Waals surface area contributed by atoms with Crippen molar-refractivity contribution in [3.63, 3.8) is 0 Å². The van der Waals surface area contributed by atoms with Gasteiger partial charge in [0.2, 0.25) is 0 Å². The first-order valence-corrected chi connectivity index (χ1v) is 3.99. The Hall–Kier alpha value is -1.42. The largest absolute Gasteiger partial charge is 0.495 e. The van der Waals surface area contributed by atoms with Crippen LogP contribution in [0.4, 0.5) is 5.69 Å². The van der Waals surface area contributed by atoms with E-state index < -0.39 is 0 Å². The van der Waals surface area contributed by atoms with Crippen LogP contribution in [0.15, 0.2) is 18.2 Å². The average molecular weight is 201 g/mol. The zero-order valence-electron chi connectivity index (χ0n) is 7.17. The van der Waals surface area contributed by atoms with E-state index in [-0.39, 0.29) is 5.96 Å². The second-order valence-corrected chi connectivity index (χ2v) is 2.84. The molecule has 0 aliphatic heterocycles. The van der Waals surface area contributed by atoms with E-state index in [1.54, 1.807) is 25.3 Å². The molecule has 0 fully saturated rings. The smallest absolute Gasteiger partial charge is 0.343 e. The van der Waals surface area contributed by atoms with E-state index in [1.807, 2.05) is 0 Å². The standard InChI is InChI=1S/C8H10ClN3O/c1-13-7-3-2-5(4-6(7)9)12-8(10)11/h2-4H,1H3,(H4,10,11,12)/p+1. The summed E-state index contributed by atoms with van der Waals surface area (Å²) >= 11 is 5.86. The minimum absolute atomic E-state index is 0.126. The van der Waals surface area contributed by atoms with Gasteiger partial charge in [0.1, 0.15) is 11.4 Å². The van der Waals surface area contributed by atoms with Gasteiger partial charge in [-0.1, -0.05) is 11.6 Å². The van der Waals surface area contributed by atoms with E-state index in [4.69, 9.17) is 27.8 Å². The topological polar surface area (TPSA) is 75.2 Å². The summed E-state index contributed by atoms with van der Waals surface area (Å²) in [5, 5.41) is 0.508. The van der Waals surface area contributed by atoms with Crippen molar-refractivity contribution in [2.45, 2.75) is 0 Å². The molecule has 1 aromatic carbocycles. The van der Waals surface area contributed by atoms with Crippen molar-refractivity contribution in [1.82, 2.24) is 0 Å². The van der Waals surface area contributed by atoms with Crippen molar-refractivity contribution in [2.24, 2.45) is 11.5 Å². The molecule has 4 nitrogen and oxygen atoms in total. The monoisotopic (exact) mass is 200 g/mol. The van der Waals surface area contributed by atoms with Crippen LogP contribution in [0, 0.1) is 0 Å². The van der Waals surface area contributed by atoms with Gasteiger partial charge < -0.3 is 4.74 Å². The highest BCUT2D eigenvalue weighted by Gasteiger charge is 2.01. The van der Waals surface area contributed by atoms with Crippen molar-refractivity contribution in [3.8, 4) is 5.75 Å². The third kappa shape index (κ3) is 2.52. The van der Waals surface area contributed by atoms with E-state index in [9.17, 15) is 0 Å². The number of halogens is 1. The van der Waals surface area contributed by atoms with Gasteiger partial charge in [-0.2, -0.15) is 0 Å². The fourth-order valence-corrected chi connectivity index (χ4v) is 1.17. The molecular weight excluding hydrogens is 190 g/mol. The van der Waals surface area contributed by atoms with Gasteiger partial charge in [0.15, 0.2) is 0 Å². The Morgan fingerprint density at radius 2 is 2.15 bits per heavy atom. The number of guanidine groups is 1. The van der Waals surface area contributed by atoms with E-state index in [0.717, 1.165) is 5.69 Å². The Balaban J connectivity index is 3.03. The van der Waals surface area contributed by atoms with Gasteiger partial charge in [-0.3, -0.25) is 11.5 Å². The van der Waals surface area contributed by atoms with Crippen molar-refractivity contribution in [2.75, 3.05) is 7.11 Å². The molecule has 5 heteroatoms. The van der Waals surface area contributed by atoms with Gasteiger partial charge in [0.25, 0.3) is 0 Å². The van der Waals surface area contributed by atoms with Crippen molar-refractivity contribution < 1.29 is 9.73 Å². The lowest BCUT2D eigenvalue weighted by Crippen LogP contribution is -2.72. The third-order valence-corrected chi connectivity index (χ3v) is 1.74. The van der Waals surface area contributed by atoms with E-state index in [0.29, 0.717) is 10.8 Å². The molecule has 0 aliphatic carbocycles. The van der Waals surface area contributed by atoms with Crippen molar-refractivity contribution in [3.05, 3.63) is 23.2 Å². The maximum absolute atomic E-state index is 5.86. The van der Waals surface area contributed by atoms with Crippen LogP contribution in [0.1, 0.15) is 0 Å². The first-order chi connectivity index (χ1) is 6.13. The summed E-state index contributed by atoms with van der Waals surface area (Å²) in [7, 11) is 1.55. The quantitative estimate of drug-likeness (QED) is 0.438. The number of methoxy groups -OCH3 is 1. The number of nitrogens with one attached hydrogen (secondary N) is 1. The van der Waals surface area contributed by atoms with Crippen molar-refractivity contribution in [1.29, 1.82) is 0 Å². The van der Waals surface area contributed by atoms with Crippen LogP contribution < -0.4 is 21.2 Å². The summed E-state index contributed by atoms with van der Waals surface area (Å²) in [6.07, 6.45) is 0. The van der Waals surface area contributed by atoms with Gasteiger partial charge >= 0.3 is 5.96 Å². The molecule has 0 saturated heterocycles. The zero-order chi connectivity index (χ0) is 9.84. The lowest BCUT2D eigenvalue weighted by Gasteiger charge is -2.01. The summed E-state index contributed by atoms with van der Waals surface area (Å²) in [5.74, 6) is 0.740. The van der Waals surface area contributed by atoms with Gasteiger partial charge in [0, 0.05) is 0 Å². The number of hydrogen-bond donors (Lipinski definition) is 3. The minimum Gasteiger partial charge on any atom is -0.495 e. The number of benzene rings is 1. The molecule has 0 aliphatic rings.